The maximum absolute atomic E-state index is 12.2. The number of carbonyl (C=O) groups is 1. The first kappa shape index (κ1) is 14.1. The zero-order chi connectivity index (χ0) is 14.0. The molecule has 2 rings (SSSR count). The summed E-state index contributed by atoms with van der Waals surface area (Å²) in [6, 6.07) is 0.0866. The number of nitrogens with two attached hydrogens (primary N) is 1. The van der Waals surface area contributed by atoms with Crippen LogP contribution in [0.1, 0.15) is 56.8 Å². The van der Waals surface area contributed by atoms with Gasteiger partial charge in [-0.3, -0.25) is 4.79 Å². The number of rotatable bonds is 5. The molecule has 0 atom stereocenters. The fourth-order valence-electron chi connectivity index (χ4n) is 2.35. The van der Waals surface area contributed by atoms with Gasteiger partial charge < -0.3 is 16.4 Å². The summed E-state index contributed by atoms with van der Waals surface area (Å²) in [5, 5.41) is 7.18. The molecule has 6 heteroatoms. The second kappa shape index (κ2) is 5.36. The van der Waals surface area contributed by atoms with Crippen molar-refractivity contribution in [1.82, 2.24) is 9.69 Å². The maximum atomic E-state index is 12.2. The summed E-state index contributed by atoms with van der Waals surface area (Å²) in [4.78, 5) is 12.2. The fraction of sp³-hybridized carbons (Fsp3) is 0.692. The summed E-state index contributed by atoms with van der Waals surface area (Å²) in [6.07, 6.45) is 4.58. The van der Waals surface area contributed by atoms with Crippen molar-refractivity contribution < 1.29 is 4.79 Å². The zero-order valence-electron chi connectivity index (χ0n) is 11.7. The lowest BCUT2D eigenvalue weighted by molar-refractivity contribution is 0.0945. The van der Waals surface area contributed by atoms with Gasteiger partial charge in [0.05, 0.1) is 0 Å². The van der Waals surface area contributed by atoms with Gasteiger partial charge in [0.2, 0.25) is 0 Å². The highest BCUT2D eigenvalue weighted by Crippen LogP contribution is 2.40. The second-order valence-corrected chi connectivity index (χ2v) is 6.29. The molecule has 0 radical (unpaired) electrons. The Kier molecular flexibility index (Phi) is 3.99. The van der Waals surface area contributed by atoms with E-state index in [-0.39, 0.29) is 17.5 Å². The van der Waals surface area contributed by atoms with Crippen molar-refractivity contribution in [2.45, 2.75) is 58.0 Å². The minimum atomic E-state index is -0.144. The Labute approximate surface area is 118 Å². The molecule has 1 aromatic heterocycles. The normalized spacial score (nSPS) is 17.1. The van der Waals surface area contributed by atoms with Gasteiger partial charge in [0, 0.05) is 11.6 Å². The van der Waals surface area contributed by atoms with Crippen LogP contribution in [0.3, 0.4) is 0 Å². The lowest BCUT2D eigenvalue weighted by atomic mass is 9.75. The van der Waals surface area contributed by atoms with Gasteiger partial charge in [-0.2, -0.15) is 4.37 Å². The highest BCUT2D eigenvalue weighted by molar-refractivity contribution is 7.11. The number of hydrogen-bond acceptors (Lipinski definition) is 5. The molecule has 5 nitrogen and oxygen atoms in total. The van der Waals surface area contributed by atoms with Crippen LogP contribution in [0.2, 0.25) is 0 Å². The number of amides is 1. The van der Waals surface area contributed by atoms with Crippen molar-refractivity contribution >= 4 is 28.3 Å². The number of aromatic nitrogens is 1. The van der Waals surface area contributed by atoms with Crippen LogP contribution in [0, 0.1) is 0 Å². The molecule has 0 aliphatic heterocycles. The summed E-state index contributed by atoms with van der Waals surface area (Å²) in [6.45, 7) is 6.03. The number of nitrogen functional groups attached to an aromatic ring is 1. The lowest BCUT2D eigenvalue weighted by Crippen LogP contribution is -2.44. The second-order valence-electron chi connectivity index (χ2n) is 5.51. The number of nitrogens with one attached hydrogen (secondary N) is 2. The van der Waals surface area contributed by atoms with Crippen LogP contribution in [0.5, 0.6) is 0 Å². The molecular weight excluding hydrogens is 260 g/mol. The first-order valence-corrected chi connectivity index (χ1v) is 7.59. The predicted molar refractivity (Wildman–Crippen MR) is 79.6 cm³/mol. The van der Waals surface area contributed by atoms with Crippen LogP contribution in [0.4, 0.5) is 10.8 Å². The fourth-order valence-corrected chi connectivity index (χ4v) is 3.18. The third-order valence-electron chi connectivity index (χ3n) is 3.73. The Bertz CT molecular complexity index is 460. The minimum Gasteiger partial charge on any atom is -0.382 e. The third-order valence-corrected chi connectivity index (χ3v) is 4.51. The molecule has 19 heavy (non-hydrogen) atoms. The highest BCUT2D eigenvalue weighted by atomic mass is 32.1. The van der Waals surface area contributed by atoms with Gasteiger partial charge in [-0.25, -0.2) is 0 Å². The molecule has 1 aliphatic rings. The average Bonchev–Trinajstić information content (AvgIpc) is 2.64. The summed E-state index contributed by atoms with van der Waals surface area (Å²) in [7, 11) is 0. The van der Waals surface area contributed by atoms with Crippen LogP contribution in [-0.4, -0.2) is 21.9 Å². The van der Waals surface area contributed by atoms with Crippen LogP contribution in [0.25, 0.3) is 0 Å². The molecule has 0 spiro atoms. The third kappa shape index (κ3) is 2.83. The van der Waals surface area contributed by atoms with Crippen molar-refractivity contribution in [3.63, 3.8) is 0 Å². The molecule has 4 N–H and O–H groups in total. The molecular formula is C13H22N4OS. The Morgan fingerprint density at radius 2 is 2.21 bits per heavy atom. The van der Waals surface area contributed by atoms with Crippen LogP contribution < -0.4 is 16.4 Å². The number of nitrogens with zero attached hydrogens (tertiary/aromatic N) is 1. The van der Waals surface area contributed by atoms with Crippen molar-refractivity contribution in [2.75, 3.05) is 11.1 Å². The average molecular weight is 282 g/mol. The largest absolute Gasteiger partial charge is 0.382 e. The first-order chi connectivity index (χ1) is 8.97. The Morgan fingerprint density at radius 3 is 2.68 bits per heavy atom. The van der Waals surface area contributed by atoms with Crippen LogP contribution in [-0.2, 0) is 0 Å². The topological polar surface area (TPSA) is 80.0 Å². The van der Waals surface area contributed by atoms with E-state index in [1.165, 1.54) is 18.0 Å². The van der Waals surface area contributed by atoms with Gasteiger partial charge in [-0.15, -0.1) is 0 Å². The smallest absolute Gasteiger partial charge is 0.258 e. The molecule has 0 bridgehead atoms. The van der Waals surface area contributed by atoms with Gasteiger partial charge in [0.1, 0.15) is 10.6 Å². The molecule has 0 unspecified atom stereocenters. The molecule has 1 aliphatic carbocycles. The molecule has 1 heterocycles. The molecule has 106 valence electrons. The number of carbonyl (C=O) groups excluding carboxylic acids is 1. The van der Waals surface area contributed by atoms with E-state index in [9.17, 15) is 4.79 Å². The zero-order valence-corrected chi connectivity index (χ0v) is 12.6. The predicted octanol–water partition coefficient (Wildman–Crippen LogP) is 2.61. The molecule has 0 saturated heterocycles. The van der Waals surface area contributed by atoms with Gasteiger partial charge in [-0.05, 0) is 51.1 Å². The van der Waals surface area contributed by atoms with Crippen LogP contribution >= 0.6 is 11.5 Å². The van der Waals surface area contributed by atoms with E-state index in [2.05, 4.69) is 21.9 Å². The lowest BCUT2D eigenvalue weighted by Gasteiger charge is -2.42. The first-order valence-electron chi connectivity index (χ1n) is 6.81. The number of anilines is 2. The molecule has 1 fully saturated rings. The van der Waals surface area contributed by atoms with Gasteiger partial charge in [0.15, 0.2) is 5.82 Å². The summed E-state index contributed by atoms with van der Waals surface area (Å²) in [5.74, 6) is 0.172. The van der Waals surface area contributed by atoms with E-state index in [1.807, 2.05) is 13.8 Å². The van der Waals surface area contributed by atoms with Gasteiger partial charge in [0.25, 0.3) is 5.91 Å². The van der Waals surface area contributed by atoms with E-state index in [4.69, 9.17) is 5.73 Å². The van der Waals surface area contributed by atoms with Crippen molar-refractivity contribution in [3.05, 3.63) is 5.56 Å². The number of hydrogen-bond donors (Lipinski definition) is 3. The molecule has 0 aromatic carbocycles. The quantitative estimate of drug-likeness (QED) is 0.775. The molecule has 1 saturated carbocycles. The van der Waals surface area contributed by atoms with Crippen LogP contribution in [0.15, 0.2) is 0 Å². The van der Waals surface area contributed by atoms with E-state index >= 15 is 0 Å². The van der Waals surface area contributed by atoms with E-state index in [1.54, 1.807) is 0 Å². The van der Waals surface area contributed by atoms with E-state index in [0.29, 0.717) is 11.4 Å². The van der Waals surface area contributed by atoms with Crippen molar-refractivity contribution in [1.29, 1.82) is 0 Å². The van der Waals surface area contributed by atoms with E-state index < -0.39 is 0 Å². The van der Waals surface area contributed by atoms with Gasteiger partial charge in [-0.1, -0.05) is 6.92 Å². The van der Waals surface area contributed by atoms with E-state index in [0.717, 1.165) is 24.3 Å². The monoisotopic (exact) mass is 282 g/mol. The van der Waals surface area contributed by atoms with Crippen molar-refractivity contribution in [3.8, 4) is 0 Å². The maximum Gasteiger partial charge on any atom is 0.258 e. The summed E-state index contributed by atoms with van der Waals surface area (Å²) < 4.78 is 4.12. The SMILES string of the molecule is CCC1(Nc2snc(N)c2C(=O)NC(C)C)CCC1. The summed E-state index contributed by atoms with van der Waals surface area (Å²) >= 11 is 1.28. The Morgan fingerprint density at radius 1 is 1.53 bits per heavy atom. The Hall–Kier alpha value is -1.30. The summed E-state index contributed by atoms with van der Waals surface area (Å²) in [5.41, 5.74) is 6.47. The van der Waals surface area contributed by atoms with Crippen molar-refractivity contribution in [2.24, 2.45) is 0 Å². The minimum absolute atomic E-state index is 0.0866. The highest BCUT2D eigenvalue weighted by Gasteiger charge is 2.36. The standard InChI is InChI=1S/C13H22N4OS/c1-4-13(6-5-7-13)16-12-9(10(14)17-19-12)11(18)15-8(2)3/h8,16H,4-7H2,1-3H3,(H2,14,17)(H,15,18). The Balaban J connectivity index is 2.20. The van der Waals surface area contributed by atoms with Gasteiger partial charge >= 0.3 is 0 Å². The molecule has 1 amide bonds. The molecule has 1 aromatic rings.